The Bertz CT molecular complexity index is 662. The summed E-state index contributed by atoms with van der Waals surface area (Å²) in [6.07, 6.45) is 2.01. The van der Waals surface area contributed by atoms with Gasteiger partial charge in [0.05, 0.1) is 24.4 Å². The van der Waals surface area contributed by atoms with Gasteiger partial charge in [0.2, 0.25) is 0 Å². The lowest BCUT2D eigenvalue weighted by Crippen LogP contribution is -2.10. The first-order chi connectivity index (χ1) is 9.92. The van der Waals surface area contributed by atoms with Gasteiger partial charge in [0, 0.05) is 24.5 Å². The third-order valence-electron chi connectivity index (χ3n) is 3.55. The van der Waals surface area contributed by atoms with Gasteiger partial charge in [0.15, 0.2) is 0 Å². The van der Waals surface area contributed by atoms with Crippen LogP contribution in [0.1, 0.15) is 40.1 Å². The predicted octanol–water partition coefficient (Wildman–Crippen LogP) is 3.00. The maximum atomic E-state index is 11.6. The summed E-state index contributed by atoms with van der Waals surface area (Å²) in [5.74, 6) is -0.330. The number of rotatable bonds is 4. The van der Waals surface area contributed by atoms with E-state index in [1.807, 2.05) is 39.2 Å². The lowest BCUT2D eigenvalue weighted by Gasteiger charge is -2.17. The third kappa shape index (κ3) is 3.24. The van der Waals surface area contributed by atoms with Crippen LogP contribution in [0.4, 0.5) is 5.69 Å². The van der Waals surface area contributed by atoms with Crippen molar-refractivity contribution in [3.8, 4) is 0 Å². The highest BCUT2D eigenvalue weighted by molar-refractivity contribution is 5.90. The van der Waals surface area contributed by atoms with Crippen LogP contribution in [-0.4, -0.2) is 22.9 Å². The molecule has 112 valence electrons. The van der Waals surface area contributed by atoms with Crippen molar-refractivity contribution >= 4 is 11.7 Å². The molecule has 1 atom stereocenters. The number of benzene rings is 1. The monoisotopic (exact) mass is 287 g/mol. The van der Waals surface area contributed by atoms with E-state index >= 15 is 0 Å². The summed E-state index contributed by atoms with van der Waals surface area (Å²) in [5.41, 5.74) is 4.69. The van der Waals surface area contributed by atoms with E-state index in [4.69, 9.17) is 4.74 Å². The van der Waals surface area contributed by atoms with Gasteiger partial charge in [0.25, 0.3) is 0 Å². The number of nitrogens with one attached hydrogen (secondary N) is 1. The number of esters is 1. The van der Waals surface area contributed by atoms with E-state index < -0.39 is 0 Å². The molecule has 0 saturated carbocycles. The number of carbonyl (C=O) groups is 1. The molecule has 2 rings (SSSR count). The molecule has 0 amide bonds. The number of aromatic nitrogens is 2. The zero-order valence-corrected chi connectivity index (χ0v) is 13.1. The number of methoxy groups -OCH3 is 1. The number of hydrogen-bond donors (Lipinski definition) is 1. The average molecular weight is 287 g/mol. The second-order valence-corrected chi connectivity index (χ2v) is 5.23. The second kappa shape index (κ2) is 5.99. The summed E-state index contributed by atoms with van der Waals surface area (Å²) in [6, 6.07) is 5.61. The molecule has 5 heteroatoms. The van der Waals surface area contributed by atoms with Gasteiger partial charge in [-0.3, -0.25) is 4.68 Å². The summed E-state index contributed by atoms with van der Waals surface area (Å²) in [4.78, 5) is 11.6. The lowest BCUT2D eigenvalue weighted by molar-refractivity contribution is 0.0601. The van der Waals surface area contributed by atoms with Crippen molar-refractivity contribution in [3.05, 3.63) is 46.8 Å². The van der Waals surface area contributed by atoms with E-state index in [9.17, 15) is 4.79 Å². The fourth-order valence-electron chi connectivity index (χ4n) is 2.38. The zero-order valence-electron chi connectivity index (χ0n) is 13.1. The summed E-state index contributed by atoms with van der Waals surface area (Å²) in [6.45, 7) is 6.08. The summed E-state index contributed by atoms with van der Waals surface area (Å²) >= 11 is 0. The molecular weight excluding hydrogens is 266 g/mol. The molecule has 1 aromatic carbocycles. The maximum Gasteiger partial charge on any atom is 0.337 e. The molecule has 0 spiro atoms. The Labute approximate surface area is 124 Å². The van der Waals surface area contributed by atoms with Crippen molar-refractivity contribution in [3.63, 3.8) is 0 Å². The van der Waals surface area contributed by atoms with Crippen molar-refractivity contribution in [1.82, 2.24) is 9.78 Å². The average Bonchev–Trinajstić information content (AvgIpc) is 2.79. The molecule has 0 fully saturated rings. The first kappa shape index (κ1) is 15.1. The van der Waals surface area contributed by atoms with Gasteiger partial charge < -0.3 is 10.1 Å². The number of carbonyl (C=O) groups excluding carboxylic acids is 1. The fraction of sp³-hybridized carbons (Fsp3) is 0.375. The van der Waals surface area contributed by atoms with Crippen LogP contribution in [0.2, 0.25) is 0 Å². The van der Waals surface area contributed by atoms with Crippen molar-refractivity contribution < 1.29 is 9.53 Å². The normalized spacial score (nSPS) is 12.0. The highest BCUT2D eigenvalue weighted by Crippen LogP contribution is 2.25. The lowest BCUT2D eigenvalue weighted by atomic mass is 10.1. The summed E-state index contributed by atoms with van der Waals surface area (Å²) in [7, 11) is 3.29. The van der Waals surface area contributed by atoms with Crippen LogP contribution in [-0.2, 0) is 11.8 Å². The fourth-order valence-corrected chi connectivity index (χ4v) is 2.38. The molecule has 1 unspecified atom stereocenters. The number of ether oxygens (including phenoxy) is 1. The molecule has 0 saturated heterocycles. The van der Waals surface area contributed by atoms with E-state index in [1.165, 1.54) is 7.11 Å². The van der Waals surface area contributed by atoms with E-state index in [0.717, 1.165) is 22.5 Å². The van der Waals surface area contributed by atoms with Crippen molar-refractivity contribution in [2.75, 3.05) is 12.4 Å². The minimum Gasteiger partial charge on any atom is -0.465 e. The second-order valence-electron chi connectivity index (χ2n) is 5.23. The summed E-state index contributed by atoms with van der Waals surface area (Å²) < 4.78 is 6.57. The number of anilines is 1. The third-order valence-corrected chi connectivity index (χ3v) is 3.55. The Morgan fingerprint density at radius 2 is 2.10 bits per heavy atom. The summed E-state index contributed by atoms with van der Waals surface area (Å²) in [5, 5.41) is 7.80. The molecule has 5 nitrogen and oxygen atoms in total. The van der Waals surface area contributed by atoms with E-state index in [0.29, 0.717) is 5.56 Å². The molecule has 21 heavy (non-hydrogen) atoms. The van der Waals surface area contributed by atoms with Gasteiger partial charge in [-0.1, -0.05) is 6.07 Å². The van der Waals surface area contributed by atoms with Gasteiger partial charge in [0.1, 0.15) is 0 Å². The Morgan fingerprint density at radius 1 is 1.38 bits per heavy atom. The van der Waals surface area contributed by atoms with Crippen molar-refractivity contribution in [1.29, 1.82) is 0 Å². The highest BCUT2D eigenvalue weighted by Gasteiger charge is 2.14. The van der Waals surface area contributed by atoms with Crippen LogP contribution < -0.4 is 5.32 Å². The minimum absolute atomic E-state index is 0.102. The molecule has 2 aromatic rings. The van der Waals surface area contributed by atoms with Crippen LogP contribution in [0.25, 0.3) is 0 Å². The Morgan fingerprint density at radius 3 is 2.67 bits per heavy atom. The van der Waals surface area contributed by atoms with Crippen LogP contribution in [0.15, 0.2) is 24.4 Å². The number of hydrogen-bond acceptors (Lipinski definition) is 4. The predicted molar refractivity (Wildman–Crippen MR) is 82.5 cm³/mol. The van der Waals surface area contributed by atoms with Crippen LogP contribution in [0.5, 0.6) is 0 Å². The van der Waals surface area contributed by atoms with Crippen LogP contribution in [0, 0.1) is 13.8 Å². The van der Waals surface area contributed by atoms with E-state index in [1.54, 1.807) is 10.7 Å². The van der Waals surface area contributed by atoms with Gasteiger partial charge in [-0.15, -0.1) is 0 Å². The highest BCUT2D eigenvalue weighted by atomic mass is 16.5. The smallest absolute Gasteiger partial charge is 0.337 e. The molecular formula is C16H21N3O2. The van der Waals surface area contributed by atoms with Crippen LogP contribution in [0.3, 0.4) is 0 Å². The SMILES string of the molecule is COC(=O)c1ccc(C)c(NC(C)c2cn(C)nc2C)c1. The number of nitrogens with zero attached hydrogens (tertiary/aromatic N) is 2. The maximum absolute atomic E-state index is 11.6. The zero-order chi connectivity index (χ0) is 15.6. The molecule has 1 N–H and O–H groups in total. The van der Waals surface area contributed by atoms with Gasteiger partial charge in [-0.2, -0.15) is 5.10 Å². The topological polar surface area (TPSA) is 56.1 Å². The quantitative estimate of drug-likeness (QED) is 0.878. The Hall–Kier alpha value is -2.30. The first-order valence-electron chi connectivity index (χ1n) is 6.88. The standard InChI is InChI=1S/C16H21N3O2/c1-10-6-7-13(16(20)21-5)8-15(10)17-11(2)14-9-19(4)18-12(14)3/h6-9,11,17H,1-5H3. The molecule has 0 aliphatic heterocycles. The molecule has 1 aromatic heterocycles. The van der Waals surface area contributed by atoms with Crippen molar-refractivity contribution in [2.24, 2.45) is 7.05 Å². The van der Waals surface area contributed by atoms with Crippen LogP contribution >= 0.6 is 0 Å². The largest absolute Gasteiger partial charge is 0.465 e. The molecule has 0 aliphatic rings. The van der Waals surface area contributed by atoms with E-state index in [-0.39, 0.29) is 12.0 Å². The Balaban J connectivity index is 2.26. The van der Waals surface area contributed by atoms with Crippen molar-refractivity contribution in [2.45, 2.75) is 26.8 Å². The molecule has 0 radical (unpaired) electrons. The van der Waals surface area contributed by atoms with E-state index in [2.05, 4.69) is 17.3 Å². The molecule has 0 aliphatic carbocycles. The first-order valence-corrected chi connectivity index (χ1v) is 6.88. The number of aryl methyl sites for hydroxylation is 3. The van der Waals surface area contributed by atoms with Gasteiger partial charge >= 0.3 is 5.97 Å². The molecule has 0 bridgehead atoms. The molecule has 1 heterocycles. The van der Waals surface area contributed by atoms with Gasteiger partial charge in [-0.05, 0) is 38.5 Å². The Kier molecular flexibility index (Phi) is 4.31. The minimum atomic E-state index is -0.330. The van der Waals surface area contributed by atoms with Gasteiger partial charge in [-0.25, -0.2) is 4.79 Å².